The molecule has 0 unspecified atom stereocenters. The molecule has 2 aromatic carbocycles. The monoisotopic (exact) mass is 209 g/mol. The van der Waals surface area contributed by atoms with Crippen LogP contribution in [-0.2, 0) is 7.05 Å². The number of hydrogen-bond donors (Lipinski definition) is 0. The van der Waals surface area contributed by atoms with Gasteiger partial charge in [0.05, 0.1) is 6.20 Å². The summed E-state index contributed by atoms with van der Waals surface area (Å²) in [5.41, 5.74) is 1.19. The summed E-state index contributed by atoms with van der Waals surface area (Å²) in [4.78, 5) is 0. The lowest BCUT2D eigenvalue weighted by atomic mass is 10.1. The number of benzene rings is 2. The Hall–Kier alpha value is -2.09. The molecule has 0 atom stereocenters. The van der Waals surface area contributed by atoms with E-state index in [1.54, 1.807) is 0 Å². The van der Waals surface area contributed by atoms with Crippen LogP contribution in [0.5, 0.6) is 0 Å². The summed E-state index contributed by atoms with van der Waals surface area (Å²) >= 11 is 0. The average Bonchev–Trinajstić information content (AvgIpc) is 2.75. The minimum Gasteiger partial charge on any atom is -0.129 e. The fraction of sp³-hybridized carbons (Fsp3) is 0.0714. The summed E-state index contributed by atoms with van der Waals surface area (Å²) in [6, 6.07) is 17.0. The lowest BCUT2D eigenvalue weighted by molar-refractivity contribution is -0.744. The van der Waals surface area contributed by atoms with E-state index in [1.807, 2.05) is 19.3 Å². The Bertz CT molecular complexity index is 638. The second kappa shape index (κ2) is 3.49. The Kier molecular flexibility index (Phi) is 2.00. The molecular weight excluding hydrogens is 196 g/mol. The average molecular weight is 209 g/mol. The zero-order valence-electron chi connectivity index (χ0n) is 9.17. The molecule has 1 aromatic heterocycles. The van der Waals surface area contributed by atoms with Crippen LogP contribution in [0.3, 0.4) is 0 Å². The normalized spacial score (nSPS) is 10.8. The largest absolute Gasteiger partial charge is 0.195 e. The van der Waals surface area contributed by atoms with Crippen molar-refractivity contribution in [1.82, 2.24) is 4.68 Å². The quantitative estimate of drug-likeness (QED) is 0.544. The minimum absolute atomic E-state index is 1.19. The molecule has 0 aliphatic rings. The molecule has 0 aliphatic heterocycles. The van der Waals surface area contributed by atoms with Crippen molar-refractivity contribution in [3.8, 4) is 5.69 Å². The van der Waals surface area contributed by atoms with Crippen molar-refractivity contribution in [2.75, 3.05) is 0 Å². The molecule has 0 saturated carbocycles. The van der Waals surface area contributed by atoms with Gasteiger partial charge in [-0.25, -0.2) is 0 Å². The van der Waals surface area contributed by atoms with Gasteiger partial charge >= 0.3 is 0 Å². The molecule has 0 aliphatic carbocycles. The van der Waals surface area contributed by atoms with Gasteiger partial charge in [0.1, 0.15) is 5.69 Å². The molecule has 3 aromatic rings. The minimum atomic E-state index is 1.19. The van der Waals surface area contributed by atoms with Crippen LogP contribution in [-0.4, -0.2) is 4.68 Å². The Morgan fingerprint density at radius 3 is 2.50 bits per heavy atom. The van der Waals surface area contributed by atoms with Gasteiger partial charge in [-0.05, 0) is 22.9 Å². The lowest BCUT2D eigenvalue weighted by Gasteiger charge is -2.02. The first-order valence-corrected chi connectivity index (χ1v) is 5.37. The van der Waals surface area contributed by atoms with Crippen molar-refractivity contribution in [1.29, 1.82) is 0 Å². The van der Waals surface area contributed by atoms with E-state index in [2.05, 4.69) is 58.0 Å². The van der Waals surface area contributed by atoms with Crippen LogP contribution in [0.1, 0.15) is 0 Å². The van der Waals surface area contributed by atoms with Gasteiger partial charge in [0.15, 0.2) is 13.2 Å². The third-order valence-corrected chi connectivity index (χ3v) is 2.87. The highest BCUT2D eigenvalue weighted by atomic mass is 15.4. The first kappa shape index (κ1) is 9.16. The summed E-state index contributed by atoms with van der Waals surface area (Å²) in [7, 11) is 2.04. The maximum Gasteiger partial charge on any atom is 0.195 e. The number of aromatic nitrogens is 2. The van der Waals surface area contributed by atoms with E-state index >= 15 is 0 Å². The molecule has 0 radical (unpaired) electrons. The summed E-state index contributed by atoms with van der Waals surface area (Å²) < 4.78 is 4.18. The predicted octanol–water partition coefficient (Wildman–Crippen LogP) is 2.46. The van der Waals surface area contributed by atoms with Crippen LogP contribution in [0.25, 0.3) is 16.5 Å². The van der Waals surface area contributed by atoms with Gasteiger partial charge in [-0.15, -0.1) is 9.36 Å². The Labute approximate surface area is 94.4 Å². The van der Waals surface area contributed by atoms with Gasteiger partial charge in [-0.3, -0.25) is 0 Å². The van der Waals surface area contributed by atoms with Crippen molar-refractivity contribution < 1.29 is 4.68 Å². The van der Waals surface area contributed by atoms with Gasteiger partial charge in [0.25, 0.3) is 0 Å². The van der Waals surface area contributed by atoms with Gasteiger partial charge in [-0.1, -0.05) is 30.3 Å². The summed E-state index contributed by atoms with van der Waals surface area (Å²) in [5.74, 6) is 0. The molecule has 3 rings (SSSR count). The highest BCUT2D eigenvalue weighted by Crippen LogP contribution is 2.17. The standard InChI is InChI=1S/C14H13N2/c1-15-9-4-10-16(15)14-8-7-12-5-2-3-6-13(12)11-14/h2-11H,1H3/q+1. The van der Waals surface area contributed by atoms with Crippen molar-refractivity contribution >= 4 is 10.8 Å². The molecular formula is C14H13N2+. The van der Waals surface area contributed by atoms with E-state index in [0.717, 1.165) is 0 Å². The molecule has 0 amide bonds. The maximum atomic E-state index is 2.20. The fourth-order valence-electron chi connectivity index (χ4n) is 2.01. The summed E-state index contributed by atoms with van der Waals surface area (Å²) in [5, 5.41) is 2.55. The molecule has 16 heavy (non-hydrogen) atoms. The van der Waals surface area contributed by atoms with Gasteiger partial charge < -0.3 is 0 Å². The Morgan fingerprint density at radius 1 is 0.938 bits per heavy atom. The topological polar surface area (TPSA) is 8.81 Å². The third-order valence-electron chi connectivity index (χ3n) is 2.87. The lowest BCUT2D eigenvalue weighted by Crippen LogP contribution is -2.36. The molecule has 0 saturated heterocycles. The second-order valence-electron chi connectivity index (χ2n) is 3.94. The number of aryl methyl sites for hydroxylation is 1. The van der Waals surface area contributed by atoms with Crippen molar-refractivity contribution in [3.63, 3.8) is 0 Å². The maximum absolute atomic E-state index is 2.20. The van der Waals surface area contributed by atoms with Crippen molar-refractivity contribution in [2.24, 2.45) is 7.05 Å². The zero-order chi connectivity index (χ0) is 11.0. The number of fused-ring (bicyclic) bond motifs is 1. The molecule has 0 spiro atoms. The van der Waals surface area contributed by atoms with Crippen LogP contribution < -0.4 is 4.68 Å². The fourth-order valence-corrected chi connectivity index (χ4v) is 2.01. The van der Waals surface area contributed by atoms with E-state index in [9.17, 15) is 0 Å². The molecule has 0 N–H and O–H groups in total. The summed E-state index contributed by atoms with van der Waals surface area (Å²) in [6.45, 7) is 0. The van der Waals surface area contributed by atoms with Gasteiger partial charge in [0.2, 0.25) is 0 Å². The Morgan fingerprint density at radius 2 is 1.75 bits per heavy atom. The van der Waals surface area contributed by atoms with Crippen LogP contribution in [0.2, 0.25) is 0 Å². The summed E-state index contributed by atoms with van der Waals surface area (Å²) in [6.07, 6.45) is 4.10. The van der Waals surface area contributed by atoms with Crippen LogP contribution >= 0.6 is 0 Å². The highest BCUT2D eigenvalue weighted by Gasteiger charge is 2.05. The van der Waals surface area contributed by atoms with Gasteiger partial charge in [-0.2, -0.15) is 0 Å². The zero-order valence-corrected chi connectivity index (χ0v) is 9.17. The van der Waals surface area contributed by atoms with Crippen LogP contribution in [0, 0.1) is 0 Å². The number of nitrogens with zero attached hydrogens (tertiary/aromatic N) is 2. The molecule has 0 fully saturated rings. The first-order valence-electron chi connectivity index (χ1n) is 5.37. The van der Waals surface area contributed by atoms with Crippen LogP contribution in [0.4, 0.5) is 0 Å². The van der Waals surface area contributed by atoms with E-state index in [-0.39, 0.29) is 0 Å². The molecule has 2 nitrogen and oxygen atoms in total. The molecule has 1 heterocycles. The van der Waals surface area contributed by atoms with E-state index < -0.39 is 0 Å². The molecule has 78 valence electrons. The number of hydrogen-bond acceptors (Lipinski definition) is 0. The Balaban J connectivity index is 2.23. The second-order valence-corrected chi connectivity index (χ2v) is 3.94. The van der Waals surface area contributed by atoms with E-state index in [1.165, 1.54) is 16.5 Å². The van der Waals surface area contributed by atoms with E-state index in [4.69, 9.17) is 0 Å². The number of rotatable bonds is 1. The van der Waals surface area contributed by atoms with E-state index in [0.29, 0.717) is 0 Å². The SMILES string of the molecule is C[n+]1cccn1-c1ccc2ccccc2c1. The third kappa shape index (κ3) is 1.39. The van der Waals surface area contributed by atoms with Crippen molar-refractivity contribution in [2.45, 2.75) is 0 Å². The van der Waals surface area contributed by atoms with Crippen LogP contribution in [0.15, 0.2) is 60.9 Å². The molecule has 2 heteroatoms. The smallest absolute Gasteiger partial charge is 0.129 e. The first-order chi connectivity index (χ1) is 7.84. The highest BCUT2D eigenvalue weighted by molar-refractivity contribution is 5.84. The van der Waals surface area contributed by atoms with Gasteiger partial charge in [0, 0.05) is 6.07 Å². The van der Waals surface area contributed by atoms with Crippen molar-refractivity contribution in [3.05, 3.63) is 60.9 Å². The molecule has 0 bridgehead atoms. The predicted molar refractivity (Wildman–Crippen MR) is 64.5 cm³/mol.